The molecule has 4 nitrogen and oxygen atoms in total. The molecule has 0 spiro atoms. The van der Waals surface area contributed by atoms with Gasteiger partial charge in [0.1, 0.15) is 5.82 Å². The van der Waals surface area contributed by atoms with Gasteiger partial charge in [-0.1, -0.05) is 0 Å². The average Bonchev–Trinajstić information content (AvgIpc) is 2.67. The monoisotopic (exact) mass is 241 g/mol. The van der Waals surface area contributed by atoms with Crippen molar-refractivity contribution in [3.63, 3.8) is 0 Å². The van der Waals surface area contributed by atoms with E-state index in [1.807, 2.05) is 0 Å². The molecule has 0 aliphatic heterocycles. The highest BCUT2D eigenvalue weighted by molar-refractivity contribution is 5.75. The molecule has 0 radical (unpaired) electrons. The predicted octanol–water partition coefficient (Wildman–Crippen LogP) is 1.58. The van der Waals surface area contributed by atoms with E-state index < -0.39 is 11.6 Å². The maximum atomic E-state index is 13.0. The minimum atomic E-state index is -0.886. The zero-order valence-corrected chi connectivity index (χ0v) is 9.39. The van der Waals surface area contributed by atoms with Gasteiger partial charge in [0.05, 0.1) is 24.2 Å². The fourth-order valence-electron chi connectivity index (χ4n) is 1.52. The number of imidazole rings is 1. The van der Waals surface area contributed by atoms with Gasteiger partial charge in [0, 0.05) is 25.8 Å². The standard InChI is InChI=1S/C11H13F2N3O/c1-17-3-2-14-6-11-15-9-4-7(12)8(13)5-10(9)16-11/h4-5,14H,2-3,6H2,1H3,(H,15,16). The van der Waals surface area contributed by atoms with Crippen LogP contribution in [0.15, 0.2) is 12.1 Å². The Labute approximate surface area is 97.0 Å². The Kier molecular flexibility index (Phi) is 3.65. The minimum absolute atomic E-state index is 0.424. The van der Waals surface area contributed by atoms with Crippen LogP contribution in [0.3, 0.4) is 0 Å². The summed E-state index contributed by atoms with van der Waals surface area (Å²) in [7, 11) is 1.62. The predicted molar refractivity (Wildman–Crippen MR) is 59.6 cm³/mol. The van der Waals surface area contributed by atoms with Crippen molar-refractivity contribution < 1.29 is 13.5 Å². The van der Waals surface area contributed by atoms with E-state index in [2.05, 4.69) is 15.3 Å². The summed E-state index contributed by atoms with van der Waals surface area (Å²) < 4.78 is 30.8. The van der Waals surface area contributed by atoms with E-state index in [9.17, 15) is 8.78 Å². The summed E-state index contributed by atoms with van der Waals surface area (Å²) in [6, 6.07) is 2.19. The SMILES string of the molecule is COCCNCc1nc2cc(F)c(F)cc2[nH]1. The lowest BCUT2D eigenvalue weighted by molar-refractivity contribution is 0.199. The average molecular weight is 241 g/mol. The van der Waals surface area contributed by atoms with Gasteiger partial charge in [-0.05, 0) is 0 Å². The lowest BCUT2D eigenvalue weighted by atomic mass is 10.3. The number of halogens is 2. The van der Waals surface area contributed by atoms with Gasteiger partial charge < -0.3 is 15.0 Å². The highest BCUT2D eigenvalue weighted by atomic mass is 19.2. The molecule has 0 unspecified atom stereocenters. The molecule has 2 rings (SSSR count). The molecule has 2 N–H and O–H groups in total. The first kappa shape index (κ1) is 11.9. The summed E-state index contributed by atoms with van der Waals surface area (Å²) >= 11 is 0. The molecule has 0 aliphatic rings. The number of benzene rings is 1. The molecule has 6 heteroatoms. The number of nitrogens with one attached hydrogen (secondary N) is 2. The number of methoxy groups -OCH3 is 1. The van der Waals surface area contributed by atoms with Crippen molar-refractivity contribution in [3.8, 4) is 0 Å². The van der Waals surface area contributed by atoms with Gasteiger partial charge in [-0.3, -0.25) is 0 Å². The van der Waals surface area contributed by atoms with E-state index in [0.29, 0.717) is 36.6 Å². The van der Waals surface area contributed by atoms with Crippen molar-refractivity contribution in [2.45, 2.75) is 6.54 Å². The second kappa shape index (κ2) is 5.20. The Bertz CT molecular complexity index is 474. The van der Waals surface area contributed by atoms with Gasteiger partial charge in [0.2, 0.25) is 0 Å². The van der Waals surface area contributed by atoms with Gasteiger partial charge in [0.15, 0.2) is 11.6 Å². The van der Waals surface area contributed by atoms with Gasteiger partial charge in [-0.25, -0.2) is 13.8 Å². The van der Waals surface area contributed by atoms with E-state index >= 15 is 0 Å². The highest BCUT2D eigenvalue weighted by Crippen LogP contribution is 2.16. The smallest absolute Gasteiger partial charge is 0.161 e. The molecule has 0 atom stereocenters. The van der Waals surface area contributed by atoms with Gasteiger partial charge >= 0.3 is 0 Å². The zero-order chi connectivity index (χ0) is 12.3. The van der Waals surface area contributed by atoms with Crippen molar-refractivity contribution in [2.24, 2.45) is 0 Å². The fraction of sp³-hybridized carbons (Fsp3) is 0.364. The van der Waals surface area contributed by atoms with Crippen LogP contribution < -0.4 is 5.32 Å². The second-order valence-corrected chi connectivity index (χ2v) is 3.64. The topological polar surface area (TPSA) is 49.9 Å². The van der Waals surface area contributed by atoms with Crippen LogP contribution >= 0.6 is 0 Å². The summed E-state index contributed by atoms with van der Waals surface area (Å²) in [5, 5.41) is 3.09. The first-order valence-corrected chi connectivity index (χ1v) is 5.24. The van der Waals surface area contributed by atoms with Gasteiger partial charge in [0.25, 0.3) is 0 Å². The first-order valence-electron chi connectivity index (χ1n) is 5.24. The van der Waals surface area contributed by atoms with E-state index in [0.717, 1.165) is 12.1 Å². The van der Waals surface area contributed by atoms with Gasteiger partial charge in [-0.15, -0.1) is 0 Å². The third-order valence-corrected chi connectivity index (χ3v) is 2.35. The van der Waals surface area contributed by atoms with Crippen LogP contribution in [0.25, 0.3) is 11.0 Å². The summed E-state index contributed by atoms with van der Waals surface area (Å²) in [6.07, 6.45) is 0. The van der Waals surface area contributed by atoms with Crippen molar-refractivity contribution in [3.05, 3.63) is 29.6 Å². The lowest BCUT2D eigenvalue weighted by Crippen LogP contribution is -2.19. The van der Waals surface area contributed by atoms with E-state index in [4.69, 9.17) is 4.74 Å². The molecule has 0 saturated carbocycles. The normalized spacial score (nSPS) is 11.2. The number of rotatable bonds is 5. The number of nitrogens with zero attached hydrogens (tertiary/aromatic N) is 1. The van der Waals surface area contributed by atoms with Crippen LogP contribution in [-0.2, 0) is 11.3 Å². The molecule has 1 aromatic heterocycles. The van der Waals surface area contributed by atoms with Crippen LogP contribution in [-0.4, -0.2) is 30.2 Å². The van der Waals surface area contributed by atoms with Crippen LogP contribution in [0.2, 0.25) is 0 Å². The number of hydrogen-bond donors (Lipinski definition) is 2. The van der Waals surface area contributed by atoms with Crippen LogP contribution in [0.1, 0.15) is 5.82 Å². The van der Waals surface area contributed by atoms with E-state index in [1.54, 1.807) is 7.11 Å². The molecule has 1 aromatic carbocycles. The lowest BCUT2D eigenvalue weighted by Gasteiger charge is -2.00. The molecular formula is C11H13F2N3O. The maximum Gasteiger partial charge on any atom is 0.161 e. The van der Waals surface area contributed by atoms with Crippen LogP contribution in [0, 0.1) is 11.6 Å². The first-order chi connectivity index (χ1) is 8.20. The molecule has 92 valence electrons. The fourth-order valence-corrected chi connectivity index (χ4v) is 1.52. The number of hydrogen-bond acceptors (Lipinski definition) is 3. The maximum absolute atomic E-state index is 13.0. The Hall–Kier alpha value is -1.53. The molecular weight excluding hydrogens is 228 g/mol. The number of aromatic nitrogens is 2. The Morgan fingerprint density at radius 2 is 2.12 bits per heavy atom. The van der Waals surface area contributed by atoms with E-state index in [-0.39, 0.29) is 0 Å². The number of aromatic amines is 1. The molecule has 17 heavy (non-hydrogen) atoms. The second-order valence-electron chi connectivity index (χ2n) is 3.64. The summed E-state index contributed by atoms with van der Waals surface area (Å²) in [5.41, 5.74) is 0.917. The van der Waals surface area contributed by atoms with Crippen molar-refractivity contribution >= 4 is 11.0 Å². The summed E-state index contributed by atoms with van der Waals surface area (Å²) in [4.78, 5) is 7.07. The van der Waals surface area contributed by atoms with Crippen LogP contribution in [0.5, 0.6) is 0 Å². The van der Waals surface area contributed by atoms with Crippen molar-refractivity contribution in [2.75, 3.05) is 20.3 Å². The molecule has 0 amide bonds. The van der Waals surface area contributed by atoms with Crippen LogP contribution in [0.4, 0.5) is 8.78 Å². The minimum Gasteiger partial charge on any atom is -0.383 e. The van der Waals surface area contributed by atoms with Crippen molar-refractivity contribution in [1.82, 2.24) is 15.3 Å². The molecule has 0 saturated heterocycles. The number of fused-ring (bicyclic) bond motifs is 1. The summed E-state index contributed by atoms with van der Waals surface area (Å²) in [5.74, 6) is -1.12. The molecule has 0 bridgehead atoms. The Morgan fingerprint density at radius 3 is 2.88 bits per heavy atom. The largest absolute Gasteiger partial charge is 0.383 e. The molecule has 0 aliphatic carbocycles. The molecule has 0 fully saturated rings. The third kappa shape index (κ3) is 2.78. The highest BCUT2D eigenvalue weighted by Gasteiger charge is 2.08. The number of H-pyrrole nitrogens is 1. The Balaban J connectivity index is 2.09. The molecule has 2 aromatic rings. The Morgan fingerprint density at radius 1 is 1.35 bits per heavy atom. The molecule has 1 heterocycles. The summed E-state index contributed by atoms with van der Waals surface area (Å²) in [6.45, 7) is 1.79. The van der Waals surface area contributed by atoms with Gasteiger partial charge in [-0.2, -0.15) is 0 Å². The quantitative estimate of drug-likeness (QED) is 0.781. The zero-order valence-electron chi connectivity index (χ0n) is 9.39. The van der Waals surface area contributed by atoms with E-state index in [1.165, 1.54) is 0 Å². The van der Waals surface area contributed by atoms with Crippen molar-refractivity contribution in [1.29, 1.82) is 0 Å². The third-order valence-electron chi connectivity index (χ3n) is 2.35. The number of ether oxygens (including phenoxy) is 1.